The molecule has 0 N–H and O–H groups in total. The van der Waals surface area contributed by atoms with E-state index in [0.29, 0.717) is 84.3 Å². The second-order valence-electron chi connectivity index (χ2n) is 38.2. The molecule has 7 aliphatic carbocycles. The molecule has 0 saturated heterocycles. The fourth-order valence-electron chi connectivity index (χ4n) is 20.9. The molecular weight excluding hydrogens is 1770 g/mol. The van der Waals surface area contributed by atoms with E-state index in [1.54, 1.807) is 55.5 Å². The molecule has 141 heavy (non-hydrogen) atoms. The molecule has 792 valence electrons. The second-order valence-corrected chi connectivity index (χ2v) is 38.2. The molecular formula is C121H188O20. The third kappa shape index (κ3) is 48.8. The number of aryl methyl sites for hydroxylation is 3. The quantitative estimate of drug-likeness (QED) is 0.00878. The van der Waals surface area contributed by atoms with E-state index in [1.807, 2.05) is 60.7 Å². The number of rotatable bonds is 44. The van der Waals surface area contributed by atoms with Crippen molar-refractivity contribution in [3.05, 3.63) is 199 Å². The summed E-state index contributed by atoms with van der Waals surface area (Å²) >= 11 is 0. The minimum Gasteiger partial charge on any atom is -0.462 e. The number of carbonyl (C=O) groups is 8. The average molecular weight is 1960 g/mol. The summed E-state index contributed by atoms with van der Waals surface area (Å²) in [5, 5.41) is 0. The maximum atomic E-state index is 12.5. The van der Waals surface area contributed by atoms with Gasteiger partial charge in [-0.2, -0.15) is 0 Å². The van der Waals surface area contributed by atoms with Gasteiger partial charge in [0.15, 0.2) is 0 Å². The summed E-state index contributed by atoms with van der Waals surface area (Å²) in [6.45, 7) is 23.6. The zero-order valence-electron chi connectivity index (χ0n) is 80.8. The van der Waals surface area contributed by atoms with Gasteiger partial charge in [0.05, 0.1) is 5.56 Å². The van der Waals surface area contributed by atoms with Crippen molar-refractivity contribution in [2.24, 2.45) is 59.2 Å². The zero-order chi connectivity index (χ0) is 94.7. The van der Waals surface area contributed by atoms with Crippen molar-refractivity contribution in [3.63, 3.8) is 0 Å². The van der Waals surface area contributed by atoms with Gasteiger partial charge in [0.1, 0.15) is 47.1 Å². The first kappa shape index (κ1) is 129. The summed E-state index contributed by atoms with van der Waals surface area (Å²) in [4.78, 5) is 93.9. The topological polar surface area (TPSA) is 247 Å². The van der Waals surface area contributed by atoms with E-state index < -0.39 is 23.9 Å². The molecule has 0 unspecified atom stereocenters. The van der Waals surface area contributed by atoms with Crippen LogP contribution in [0.25, 0.3) is 0 Å². The number of benzene rings is 5. The van der Waals surface area contributed by atoms with E-state index in [-0.39, 0.29) is 129 Å². The number of esters is 8. The summed E-state index contributed by atoms with van der Waals surface area (Å²) in [5.41, 5.74) is 5.28. The van der Waals surface area contributed by atoms with Crippen LogP contribution in [0.4, 0.5) is 0 Å². The summed E-state index contributed by atoms with van der Waals surface area (Å²) in [5.74, 6) is 9.69. The molecule has 0 bridgehead atoms. The maximum absolute atomic E-state index is 12.5. The third-order valence-corrected chi connectivity index (χ3v) is 28.7. The van der Waals surface area contributed by atoms with Gasteiger partial charge in [0.25, 0.3) is 0 Å². The molecule has 12 rings (SSSR count). The van der Waals surface area contributed by atoms with Gasteiger partial charge >= 0.3 is 47.8 Å². The van der Waals surface area contributed by atoms with Gasteiger partial charge in [0.2, 0.25) is 27.2 Å². The standard InChI is InChI=1S/C30H44O5.C29H36O5.C28H40O5.C26H36O5.8CH4/c1-3-5-6-7-23-8-13-25(14-9-23)26-15-19-28(20-16-26)35-30(32)21-12-24-10-17-27(18-11-24)33-22-34-29(31)4-2;1-4-5-22-6-11-24(12-7-22)25-13-17-27(18-14-25)34-28(30)19-10-23-8-15-26(16-9-23)32-20-33-29(31)21(2)3;1-3-5-21-6-11-23(12-7-21)24-13-17-26(18-14-24)33-28(30)19-10-22-8-15-25(16-9-22)31-20-32-27(29)4-2;1-3-5-19-6-8-20(9-7-19)21-10-16-24(17-11-21)31-26(28)22-12-14-23(15-13-22)29-18-30-25(27)4-2;;;;;;;;/h4,10-11,17-18,23,25-26,28H,2-3,5-9,12-16,19-22H2,1H3;8-9,13-18,22,24H,2,4-7,10-12,19-20H2,1,3H3;4,8-9,15-16,21,23-24,26H,2-3,5-7,10-14,17-20H2,1H3;4,12-15,19-21,24H,2-3,5-11,16-18H2,1H3;8*1H4. The predicted octanol–water partition coefficient (Wildman–Crippen LogP) is 31.5. The van der Waals surface area contributed by atoms with Crippen LogP contribution >= 0.6 is 0 Å². The minimum absolute atomic E-state index is 0. The lowest BCUT2D eigenvalue weighted by Gasteiger charge is -2.37. The molecule has 20 heteroatoms. The Balaban J connectivity index is 0.000000923. The van der Waals surface area contributed by atoms with E-state index >= 15 is 0 Å². The van der Waals surface area contributed by atoms with Crippen LogP contribution in [0.2, 0.25) is 0 Å². The Morgan fingerprint density at radius 2 is 0.582 bits per heavy atom. The first-order valence-corrected chi connectivity index (χ1v) is 50.7. The molecule has 7 aliphatic rings. The highest BCUT2D eigenvalue weighted by atomic mass is 16.7. The summed E-state index contributed by atoms with van der Waals surface area (Å²) < 4.78 is 63.5. The van der Waals surface area contributed by atoms with E-state index in [9.17, 15) is 38.4 Å². The average Bonchev–Trinajstić information content (AvgIpc) is 0.868. The molecule has 0 radical (unpaired) electrons. The van der Waals surface area contributed by atoms with Crippen molar-refractivity contribution < 1.29 is 95.2 Å². The zero-order valence-corrected chi connectivity index (χ0v) is 80.8. The first-order chi connectivity index (χ1) is 64.7. The molecule has 20 nitrogen and oxygen atoms in total. The Morgan fingerprint density at radius 1 is 0.305 bits per heavy atom. The molecule has 5 aromatic rings. The Hall–Kier alpha value is -9.98. The smallest absolute Gasteiger partial charge is 0.338 e. The van der Waals surface area contributed by atoms with Crippen molar-refractivity contribution in [1.29, 1.82) is 0 Å². The second kappa shape index (κ2) is 73.1. The molecule has 7 fully saturated rings. The van der Waals surface area contributed by atoms with Gasteiger partial charge in [-0.15, -0.1) is 0 Å². The van der Waals surface area contributed by atoms with Gasteiger partial charge in [-0.05, 0) is 328 Å². The lowest BCUT2D eigenvalue weighted by atomic mass is 9.70. The number of unbranched alkanes of at least 4 members (excludes halogenated alkanes) is 2. The number of carbonyl (C=O) groups excluding carboxylic acids is 8. The Kier molecular flexibility index (Phi) is 66.9. The van der Waals surface area contributed by atoms with Crippen molar-refractivity contribution in [2.75, 3.05) is 27.2 Å². The first-order valence-electron chi connectivity index (χ1n) is 50.7. The summed E-state index contributed by atoms with van der Waals surface area (Å²) in [6, 6.07) is 37.0. The van der Waals surface area contributed by atoms with Crippen LogP contribution in [0.3, 0.4) is 0 Å². The van der Waals surface area contributed by atoms with Gasteiger partial charge < -0.3 is 56.8 Å². The minimum atomic E-state index is -0.543. The molecule has 0 amide bonds. The molecule has 0 atom stereocenters. The molecule has 0 heterocycles. The van der Waals surface area contributed by atoms with Gasteiger partial charge in [-0.25, -0.2) is 24.0 Å². The van der Waals surface area contributed by atoms with Crippen LogP contribution < -0.4 is 23.7 Å². The molecule has 0 aliphatic heterocycles. The van der Waals surface area contributed by atoms with Crippen LogP contribution in [0, 0.1) is 59.2 Å². The highest BCUT2D eigenvalue weighted by Crippen LogP contribution is 2.46. The summed E-state index contributed by atoms with van der Waals surface area (Å²) in [6.07, 6.45) is 55.4. The number of hydrogen-bond donors (Lipinski definition) is 0. The number of hydrogen-bond acceptors (Lipinski definition) is 20. The van der Waals surface area contributed by atoms with Gasteiger partial charge in [0, 0.05) is 43.1 Å². The Morgan fingerprint density at radius 3 is 0.887 bits per heavy atom. The van der Waals surface area contributed by atoms with Gasteiger partial charge in [-0.1, -0.05) is 265 Å². The lowest BCUT2D eigenvalue weighted by Crippen LogP contribution is -2.29. The predicted molar refractivity (Wildman–Crippen MR) is 573 cm³/mol. The molecule has 0 aromatic heterocycles. The van der Waals surface area contributed by atoms with E-state index in [0.717, 1.165) is 133 Å². The highest BCUT2D eigenvalue weighted by Gasteiger charge is 2.36. The molecule has 5 aromatic carbocycles. The third-order valence-electron chi connectivity index (χ3n) is 28.7. The fourth-order valence-corrected chi connectivity index (χ4v) is 20.9. The highest BCUT2D eigenvalue weighted by molar-refractivity contribution is 5.90. The monoisotopic (exact) mass is 1960 g/mol. The van der Waals surface area contributed by atoms with Crippen LogP contribution in [0.15, 0.2) is 171 Å². The summed E-state index contributed by atoms with van der Waals surface area (Å²) in [7, 11) is 0. The van der Waals surface area contributed by atoms with E-state index in [4.69, 9.17) is 56.8 Å². The maximum Gasteiger partial charge on any atom is 0.338 e. The normalized spacial score (nSPS) is 21.9. The van der Waals surface area contributed by atoms with Crippen LogP contribution in [-0.2, 0) is 86.0 Å². The Bertz CT molecular complexity index is 4250. The largest absolute Gasteiger partial charge is 0.462 e. The van der Waals surface area contributed by atoms with Crippen LogP contribution in [0.1, 0.15) is 396 Å². The van der Waals surface area contributed by atoms with E-state index in [1.165, 1.54) is 211 Å². The lowest BCUT2D eigenvalue weighted by molar-refractivity contribution is -0.152. The van der Waals surface area contributed by atoms with Crippen molar-refractivity contribution in [2.45, 2.75) is 401 Å². The van der Waals surface area contributed by atoms with Crippen molar-refractivity contribution in [3.8, 4) is 28.7 Å². The van der Waals surface area contributed by atoms with Gasteiger partial charge in [-0.3, -0.25) is 14.4 Å². The molecule has 7 saturated carbocycles. The SMILES string of the molecule is C.C.C.C.C.C.C.C.C=C(C)C(=O)OCOc1ccc(CCC(=O)Oc2ccc(C3CCC(CCC)CC3)cc2)cc1.C=CC(=O)OCOc1ccc(C(=O)OC2CCC(C3CCC(CCC)CC3)CC2)cc1.C=CC(=O)OCOc1ccc(CCC(=O)OC2CCC(C3CCC(CCC)CC3)CC2)cc1.C=CC(=O)OCOc1ccc(CCC(=O)OC2CCC(C3CCC(CCCCC)CC3)CC2)cc1. The van der Waals surface area contributed by atoms with Crippen molar-refractivity contribution >= 4 is 47.8 Å². The van der Waals surface area contributed by atoms with Crippen LogP contribution in [0.5, 0.6) is 28.7 Å². The Labute approximate surface area is 853 Å². The van der Waals surface area contributed by atoms with E-state index in [2.05, 4.69) is 66.1 Å². The number of ether oxygens (including phenoxy) is 12. The van der Waals surface area contributed by atoms with Crippen molar-refractivity contribution in [1.82, 2.24) is 0 Å². The van der Waals surface area contributed by atoms with Crippen LogP contribution in [-0.4, -0.2) is 93.2 Å². The fraction of sp³-hybridized carbons (Fsp3) is 0.620. The molecule has 0 spiro atoms.